The van der Waals surface area contributed by atoms with E-state index in [1.807, 2.05) is 6.07 Å². The van der Waals surface area contributed by atoms with E-state index in [-0.39, 0.29) is 5.82 Å². The molecule has 4 rings (SSSR count). The van der Waals surface area contributed by atoms with Crippen LogP contribution in [0.2, 0.25) is 10.0 Å². The van der Waals surface area contributed by atoms with Crippen molar-refractivity contribution in [2.45, 2.75) is 51.4 Å². The molecule has 3 heterocycles. The largest absolute Gasteiger partial charge is 0.353 e. The fourth-order valence-electron chi connectivity index (χ4n) is 5.19. The third-order valence-electron chi connectivity index (χ3n) is 7.08. The molecule has 7 nitrogen and oxygen atoms in total. The number of nitrogens with zero attached hydrogens (tertiary/aromatic N) is 4. The minimum Gasteiger partial charge on any atom is -0.353 e. The van der Waals surface area contributed by atoms with Gasteiger partial charge in [-0.05, 0) is 56.1 Å². The first-order valence-electron chi connectivity index (χ1n) is 12.2. The molecule has 0 radical (unpaired) electrons. The Morgan fingerprint density at radius 2 is 1.97 bits per heavy atom. The Morgan fingerprint density at radius 3 is 2.63 bits per heavy atom. The second kappa shape index (κ2) is 11.7. The summed E-state index contributed by atoms with van der Waals surface area (Å²) in [6, 6.07) is 7.15. The highest BCUT2D eigenvalue weighted by atomic mass is 35.5. The van der Waals surface area contributed by atoms with Crippen LogP contribution in [0.3, 0.4) is 0 Å². The maximum atomic E-state index is 14.2. The molecule has 0 spiro atoms. The fraction of sp³-hybridized carbons (Fsp3) is 0.520. The van der Waals surface area contributed by atoms with Crippen LogP contribution in [0.1, 0.15) is 37.3 Å². The first-order valence-corrected chi connectivity index (χ1v) is 12.9. The lowest BCUT2D eigenvalue weighted by Gasteiger charge is -2.47. The number of pyridine rings is 1. The maximum absolute atomic E-state index is 14.2. The number of amides is 2. The van der Waals surface area contributed by atoms with E-state index >= 15 is 0 Å². The van der Waals surface area contributed by atoms with E-state index in [4.69, 9.17) is 28.9 Å². The van der Waals surface area contributed by atoms with Gasteiger partial charge in [0.25, 0.3) is 0 Å². The number of aromatic nitrogens is 1. The number of halogens is 3. The number of anilines is 1. The molecule has 2 aliphatic rings. The van der Waals surface area contributed by atoms with E-state index in [0.29, 0.717) is 40.8 Å². The van der Waals surface area contributed by atoms with Gasteiger partial charge in [0.1, 0.15) is 11.6 Å². The number of hydrogen-bond donors (Lipinski definition) is 2. The summed E-state index contributed by atoms with van der Waals surface area (Å²) in [6.07, 6.45) is 4.94. The van der Waals surface area contributed by atoms with Gasteiger partial charge in [-0.3, -0.25) is 9.80 Å². The van der Waals surface area contributed by atoms with Gasteiger partial charge in [0.15, 0.2) is 0 Å². The molecule has 0 bridgehead atoms. The molecular weight excluding hydrogens is 490 g/mol. The molecule has 1 atom stereocenters. The van der Waals surface area contributed by atoms with E-state index in [0.717, 1.165) is 63.4 Å². The number of likely N-dealkylation sites (tertiary alicyclic amines) is 1. The molecule has 0 unspecified atom stereocenters. The molecule has 1 aromatic heterocycles. The zero-order chi connectivity index (χ0) is 24.9. The molecule has 2 fully saturated rings. The standard InChI is InChI=1S/C25H33Cl2FN6O/c1-2-20-16-33(24-22(27)11-17(13-30-24)14-31-25(29)35)9-10-34(20)21-5-7-32(8-6-21)15-18-3-4-19(26)12-23(18)28/h3-4,11-13,20-21H,2,5-10,14-16H2,1H3,(H3,29,31,35)/t20-/m0/s1. The summed E-state index contributed by atoms with van der Waals surface area (Å²) in [5.74, 6) is 0.554. The number of rotatable bonds is 7. The van der Waals surface area contributed by atoms with Crippen molar-refractivity contribution in [3.63, 3.8) is 0 Å². The van der Waals surface area contributed by atoms with E-state index in [1.165, 1.54) is 6.07 Å². The second-order valence-electron chi connectivity index (χ2n) is 9.36. The Balaban J connectivity index is 1.32. The highest BCUT2D eigenvalue weighted by Crippen LogP contribution is 2.30. The van der Waals surface area contributed by atoms with Crippen LogP contribution >= 0.6 is 23.2 Å². The Morgan fingerprint density at radius 1 is 1.20 bits per heavy atom. The topological polar surface area (TPSA) is 77.7 Å². The Kier molecular flexibility index (Phi) is 8.70. The normalized spacial score (nSPS) is 20.2. The second-order valence-corrected chi connectivity index (χ2v) is 10.2. The van der Waals surface area contributed by atoms with E-state index in [9.17, 15) is 9.18 Å². The van der Waals surface area contributed by atoms with Gasteiger partial charge in [-0.25, -0.2) is 14.2 Å². The zero-order valence-corrected chi connectivity index (χ0v) is 21.5. The number of primary amides is 1. The number of piperidine rings is 1. The number of urea groups is 1. The highest BCUT2D eigenvalue weighted by molar-refractivity contribution is 6.33. The summed E-state index contributed by atoms with van der Waals surface area (Å²) < 4.78 is 14.2. The molecule has 35 heavy (non-hydrogen) atoms. The van der Waals surface area contributed by atoms with Crippen LogP contribution in [0.25, 0.3) is 0 Å². The molecule has 2 aromatic rings. The van der Waals surface area contributed by atoms with Crippen molar-refractivity contribution >= 4 is 35.1 Å². The SMILES string of the molecule is CC[C@H]1CN(c2ncc(CNC(N)=O)cc2Cl)CCN1C1CCN(Cc2ccc(Cl)cc2F)CC1. The minimum absolute atomic E-state index is 0.230. The summed E-state index contributed by atoms with van der Waals surface area (Å²) >= 11 is 12.4. The van der Waals surface area contributed by atoms with Crippen LogP contribution in [-0.2, 0) is 13.1 Å². The molecular formula is C25H33Cl2FN6O. The number of hydrogen-bond acceptors (Lipinski definition) is 5. The first-order chi connectivity index (χ1) is 16.8. The van der Waals surface area contributed by atoms with Gasteiger partial charge in [-0.15, -0.1) is 0 Å². The molecule has 0 aliphatic carbocycles. The van der Waals surface area contributed by atoms with Gasteiger partial charge < -0.3 is 16.0 Å². The van der Waals surface area contributed by atoms with Crippen molar-refractivity contribution in [1.29, 1.82) is 0 Å². The Hall–Kier alpha value is -2.13. The van der Waals surface area contributed by atoms with Crippen molar-refractivity contribution < 1.29 is 9.18 Å². The van der Waals surface area contributed by atoms with E-state index < -0.39 is 6.03 Å². The van der Waals surface area contributed by atoms with Crippen LogP contribution in [0.4, 0.5) is 15.0 Å². The van der Waals surface area contributed by atoms with Crippen LogP contribution in [0.5, 0.6) is 0 Å². The van der Waals surface area contributed by atoms with Gasteiger partial charge in [0.05, 0.1) is 5.02 Å². The number of nitrogens with one attached hydrogen (secondary N) is 1. The van der Waals surface area contributed by atoms with E-state index in [1.54, 1.807) is 18.3 Å². The summed E-state index contributed by atoms with van der Waals surface area (Å²) in [5.41, 5.74) is 6.66. The van der Waals surface area contributed by atoms with Gasteiger partial charge in [0, 0.05) is 61.6 Å². The Labute approximate surface area is 216 Å². The predicted molar refractivity (Wildman–Crippen MR) is 138 cm³/mol. The number of benzene rings is 1. The van der Waals surface area contributed by atoms with Crippen molar-refractivity contribution in [2.75, 3.05) is 37.6 Å². The monoisotopic (exact) mass is 522 g/mol. The third-order valence-corrected chi connectivity index (χ3v) is 7.59. The molecule has 10 heteroatoms. The molecule has 190 valence electrons. The highest BCUT2D eigenvalue weighted by Gasteiger charge is 2.34. The van der Waals surface area contributed by atoms with Gasteiger partial charge in [-0.1, -0.05) is 36.2 Å². The lowest BCUT2D eigenvalue weighted by atomic mass is 9.97. The number of nitrogens with two attached hydrogens (primary N) is 1. The van der Waals surface area contributed by atoms with Crippen LogP contribution < -0.4 is 16.0 Å². The molecule has 2 saturated heterocycles. The molecule has 0 saturated carbocycles. The smallest absolute Gasteiger partial charge is 0.312 e. The quantitative estimate of drug-likeness (QED) is 0.567. The summed E-state index contributed by atoms with van der Waals surface area (Å²) in [7, 11) is 0. The minimum atomic E-state index is -0.574. The fourth-order valence-corrected chi connectivity index (χ4v) is 5.66. The number of carbonyl (C=O) groups excluding carboxylic acids is 1. The van der Waals surface area contributed by atoms with Crippen LogP contribution in [0.15, 0.2) is 30.5 Å². The van der Waals surface area contributed by atoms with Crippen molar-refractivity contribution in [2.24, 2.45) is 5.73 Å². The molecule has 2 amide bonds. The van der Waals surface area contributed by atoms with Crippen LogP contribution in [0, 0.1) is 5.82 Å². The lowest BCUT2D eigenvalue weighted by Crippen LogP contribution is -2.58. The van der Waals surface area contributed by atoms with Gasteiger partial charge in [0.2, 0.25) is 0 Å². The number of piperazine rings is 1. The molecule has 1 aromatic carbocycles. The average molecular weight is 523 g/mol. The van der Waals surface area contributed by atoms with Crippen LogP contribution in [-0.4, -0.2) is 65.6 Å². The third kappa shape index (κ3) is 6.55. The van der Waals surface area contributed by atoms with E-state index in [2.05, 4.69) is 31.9 Å². The maximum Gasteiger partial charge on any atom is 0.312 e. The summed E-state index contributed by atoms with van der Waals surface area (Å²) in [6.45, 7) is 7.75. The lowest BCUT2D eigenvalue weighted by molar-refractivity contribution is 0.0607. The van der Waals surface area contributed by atoms with Crippen molar-refractivity contribution in [3.05, 3.63) is 57.5 Å². The van der Waals surface area contributed by atoms with Crippen molar-refractivity contribution in [1.82, 2.24) is 20.1 Å². The first kappa shape index (κ1) is 25.9. The zero-order valence-electron chi connectivity index (χ0n) is 20.0. The summed E-state index contributed by atoms with van der Waals surface area (Å²) in [4.78, 5) is 22.8. The molecule has 3 N–H and O–H groups in total. The summed E-state index contributed by atoms with van der Waals surface area (Å²) in [5, 5.41) is 3.58. The number of carbonyl (C=O) groups is 1. The predicted octanol–water partition coefficient (Wildman–Crippen LogP) is 4.26. The molecule has 2 aliphatic heterocycles. The van der Waals surface area contributed by atoms with Gasteiger partial charge >= 0.3 is 6.03 Å². The van der Waals surface area contributed by atoms with Gasteiger partial charge in [-0.2, -0.15) is 0 Å². The Bertz CT molecular complexity index is 1030. The average Bonchev–Trinajstić information content (AvgIpc) is 2.84. The van der Waals surface area contributed by atoms with Crippen molar-refractivity contribution in [3.8, 4) is 0 Å².